The minimum atomic E-state index is 0. The van der Waals surface area contributed by atoms with E-state index in [1.165, 1.54) is 38.5 Å². The molecule has 0 aromatic rings. The van der Waals surface area contributed by atoms with Crippen molar-refractivity contribution in [2.24, 2.45) is 11.8 Å². The smallest absolute Gasteiger partial charge is 0.223 e. The summed E-state index contributed by atoms with van der Waals surface area (Å²) in [6.45, 7) is 4.23. The molecule has 1 aliphatic carbocycles. The van der Waals surface area contributed by atoms with Crippen molar-refractivity contribution in [3.05, 3.63) is 0 Å². The summed E-state index contributed by atoms with van der Waals surface area (Å²) in [6.07, 6.45) is 9.67. The van der Waals surface area contributed by atoms with E-state index in [0.717, 1.165) is 31.8 Å². The molecule has 1 saturated heterocycles. The summed E-state index contributed by atoms with van der Waals surface area (Å²) < 4.78 is 0. The van der Waals surface area contributed by atoms with Crippen molar-refractivity contribution in [1.82, 2.24) is 10.6 Å². The summed E-state index contributed by atoms with van der Waals surface area (Å²) in [4.78, 5) is 12.3. The van der Waals surface area contributed by atoms with Crippen molar-refractivity contribution in [3.63, 3.8) is 0 Å². The quantitative estimate of drug-likeness (QED) is 0.789. The maximum absolute atomic E-state index is 12.3. The number of amides is 1. The van der Waals surface area contributed by atoms with Gasteiger partial charge in [-0.1, -0.05) is 26.2 Å². The van der Waals surface area contributed by atoms with Crippen molar-refractivity contribution in [1.29, 1.82) is 0 Å². The van der Waals surface area contributed by atoms with E-state index < -0.39 is 0 Å². The van der Waals surface area contributed by atoms with E-state index in [2.05, 4.69) is 17.6 Å². The van der Waals surface area contributed by atoms with Crippen LogP contribution in [0.3, 0.4) is 0 Å². The second-order valence-electron chi connectivity index (χ2n) is 5.97. The Labute approximate surface area is 123 Å². The third kappa shape index (κ3) is 4.96. The molecule has 1 heterocycles. The lowest BCUT2D eigenvalue weighted by atomic mass is 9.77. The first-order chi connectivity index (χ1) is 8.81. The van der Waals surface area contributed by atoms with Gasteiger partial charge in [0.1, 0.15) is 0 Å². The van der Waals surface area contributed by atoms with E-state index in [1.54, 1.807) is 0 Å². The monoisotopic (exact) mass is 288 g/mol. The van der Waals surface area contributed by atoms with Gasteiger partial charge in [-0.3, -0.25) is 4.79 Å². The van der Waals surface area contributed by atoms with E-state index in [9.17, 15) is 4.79 Å². The first-order valence-electron chi connectivity index (χ1n) is 7.82. The average Bonchev–Trinajstić information content (AvgIpc) is 2.34. The maximum Gasteiger partial charge on any atom is 0.223 e. The Bertz CT molecular complexity index is 263. The predicted molar refractivity (Wildman–Crippen MR) is 81.6 cm³/mol. The third-order valence-corrected chi connectivity index (χ3v) is 4.63. The zero-order chi connectivity index (χ0) is 12.8. The van der Waals surface area contributed by atoms with E-state index in [4.69, 9.17) is 0 Å². The van der Waals surface area contributed by atoms with Crippen molar-refractivity contribution < 1.29 is 4.79 Å². The summed E-state index contributed by atoms with van der Waals surface area (Å²) in [5.41, 5.74) is 0. The number of hydrogen-bond acceptors (Lipinski definition) is 2. The average molecular weight is 289 g/mol. The summed E-state index contributed by atoms with van der Waals surface area (Å²) in [6, 6.07) is 0.459. The fourth-order valence-electron chi connectivity index (χ4n) is 3.08. The number of hydrogen-bond donors (Lipinski definition) is 2. The van der Waals surface area contributed by atoms with Crippen LogP contribution in [0.1, 0.15) is 58.3 Å². The highest BCUT2D eigenvalue weighted by atomic mass is 35.5. The molecule has 0 aromatic heterocycles. The summed E-state index contributed by atoms with van der Waals surface area (Å²) >= 11 is 0. The molecular formula is C15H29ClN2O. The number of carbonyl (C=O) groups is 1. The molecule has 0 spiro atoms. The molecule has 1 atom stereocenters. The topological polar surface area (TPSA) is 41.1 Å². The molecule has 1 saturated carbocycles. The Hall–Kier alpha value is -0.280. The minimum absolute atomic E-state index is 0. The van der Waals surface area contributed by atoms with E-state index in [-0.39, 0.29) is 18.3 Å². The largest absolute Gasteiger partial charge is 0.353 e. The van der Waals surface area contributed by atoms with Gasteiger partial charge in [-0.15, -0.1) is 12.4 Å². The SMILES string of the molecule is CCCCC(NC(=O)C1CCNCC1)C1CCC1.Cl. The highest BCUT2D eigenvalue weighted by Crippen LogP contribution is 2.32. The lowest BCUT2D eigenvalue weighted by Crippen LogP contribution is -2.47. The van der Waals surface area contributed by atoms with Gasteiger partial charge < -0.3 is 10.6 Å². The Balaban J connectivity index is 0.00000180. The van der Waals surface area contributed by atoms with Gasteiger partial charge in [-0.25, -0.2) is 0 Å². The number of piperidine rings is 1. The molecule has 2 rings (SSSR count). The molecule has 1 amide bonds. The van der Waals surface area contributed by atoms with Crippen molar-refractivity contribution in [2.45, 2.75) is 64.3 Å². The minimum Gasteiger partial charge on any atom is -0.353 e. The fourth-order valence-corrected chi connectivity index (χ4v) is 3.08. The fraction of sp³-hybridized carbons (Fsp3) is 0.933. The Morgan fingerprint density at radius 2 is 1.95 bits per heavy atom. The van der Waals surface area contributed by atoms with Gasteiger partial charge in [0, 0.05) is 12.0 Å². The summed E-state index contributed by atoms with van der Waals surface area (Å²) in [5.74, 6) is 1.35. The standard InChI is InChI=1S/C15H28N2O.ClH/c1-2-3-7-14(12-5-4-6-12)17-15(18)13-8-10-16-11-9-13;/h12-14,16H,2-11H2,1H3,(H,17,18);1H. The second kappa shape index (κ2) is 8.80. The zero-order valence-corrected chi connectivity index (χ0v) is 12.9. The highest BCUT2D eigenvalue weighted by molar-refractivity contribution is 5.85. The van der Waals surface area contributed by atoms with Gasteiger partial charge in [0.25, 0.3) is 0 Å². The van der Waals surface area contributed by atoms with Crippen LogP contribution in [-0.2, 0) is 4.79 Å². The normalized spacial score (nSPS) is 22.2. The van der Waals surface area contributed by atoms with Crippen LogP contribution in [0.5, 0.6) is 0 Å². The zero-order valence-electron chi connectivity index (χ0n) is 12.1. The molecule has 0 bridgehead atoms. The van der Waals surface area contributed by atoms with Gasteiger partial charge in [0.05, 0.1) is 0 Å². The lowest BCUT2D eigenvalue weighted by molar-refractivity contribution is -0.127. The molecule has 112 valence electrons. The Morgan fingerprint density at radius 1 is 1.26 bits per heavy atom. The molecule has 3 nitrogen and oxygen atoms in total. The highest BCUT2D eigenvalue weighted by Gasteiger charge is 2.30. The lowest BCUT2D eigenvalue weighted by Gasteiger charge is -2.35. The van der Waals surface area contributed by atoms with Crippen LogP contribution >= 0.6 is 12.4 Å². The van der Waals surface area contributed by atoms with Crippen LogP contribution in [0, 0.1) is 11.8 Å². The molecule has 0 aromatic carbocycles. The van der Waals surface area contributed by atoms with Crippen molar-refractivity contribution in [2.75, 3.05) is 13.1 Å². The van der Waals surface area contributed by atoms with Gasteiger partial charge in [-0.2, -0.15) is 0 Å². The van der Waals surface area contributed by atoms with Gasteiger partial charge in [0.2, 0.25) is 5.91 Å². The predicted octanol–water partition coefficient (Wildman–Crippen LogP) is 2.88. The molecule has 19 heavy (non-hydrogen) atoms. The second-order valence-corrected chi connectivity index (χ2v) is 5.97. The van der Waals surface area contributed by atoms with Gasteiger partial charge in [0.15, 0.2) is 0 Å². The van der Waals surface area contributed by atoms with Crippen LogP contribution in [0.15, 0.2) is 0 Å². The molecule has 2 fully saturated rings. The maximum atomic E-state index is 12.3. The van der Waals surface area contributed by atoms with Crippen LogP contribution < -0.4 is 10.6 Å². The van der Waals surface area contributed by atoms with E-state index in [0.29, 0.717) is 11.9 Å². The molecule has 1 unspecified atom stereocenters. The molecule has 2 N–H and O–H groups in total. The summed E-state index contributed by atoms with van der Waals surface area (Å²) in [5, 5.41) is 6.68. The number of rotatable bonds is 6. The number of carbonyl (C=O) groups excluding carboxylic acids is 1. The first-order valence-corrected chi connectivity index (χ1v) is 7.82. The number of unbranched alkanes of at least 4 members (excludes halogenated alkanes) is 1. The van der Waals surface area contributed by atoms with Crippen LogP contribution in [-0.4, -0.2) is 25.0 Å². The van der Waals surface area contributed by atoms with Crippen molar-refractivity contribution in [3.8, 4) is 0 Å². The molecule has 1 aliphatic heterocycles. The van der Waals surface area contributed by atoms with Crippen molar-refractivity contribution >= 4 is 18.3 Å². The van der Waals surface area contributed by atoms with Crippen LogP contribution in [0.25, 0.3) is 0 Å². The molecule has 4 heteroatoms. The first kappa shape index (κ1) is 16.8. The third-order valence-electron chi connectivity index (χ3n) is 4.63. The van der Waals surface area contributed by atoms with Gasteiger partial charge in [-0.05, 0) is 51.1 Å². The molecule has 0 radical (unpaired) electrons. The van der Waals surface area contributed by atoms with Crippen LogP contribution in [0.4, 0.5) is 0 Å². The number of halogens is 1. The van der Waals surface area contributed by atoms with Gasteiger partial charge >= 0.3 is 0 Å². The van der Waals surface area contributed by atoms with E-state index >= 15 is 0 Å². The number of nitrogens with one attached hydrogen (secondary N) is 2. The Kier molecular flexibility index (Phi) is 7.77. The molecular weight excluding hydrogens is 260 g/mol. The van der Waals surface area contributed by atoms with Crippen LogP contribution in [0.2, 0.25) is 0 Å². The molecule has 2 aliphatic rings. The Morgan fingerprint density at radius 3 is 2.47 bits per heavy atom. The van der Waals surface area contributed by atoms with E-state index in [1.807, 2.05) is 0 Å². The summed E-state index contributed by atoms with van der Waals surface area (Å²) in [7, 11) is 0.